The minimum absolute atomic E-state index is 0.0222. The van der Waals surface area contributed by atoms with E-state index in [0.717, 1.165) is 5.57 Å². The second-order valence-corrected chi connectivity index (χ2v) is 5.41. The molecule has 0 aliphatic heterocycles. The molecule has 0 amide bonds. The Kier molecular flexibility index (Phi) is 4.72. The maximum atomic E-state index is 3.91. The van der Waals surface area contributed by atoms with Crippen LogP contribution in [0.4, 0.5) is 0 Å². The molecule has 0 N–H and O–H groups in total. The number of rotatable bonds is 4. The Bertz CT molecular complexity index is 467. The lowest BCUT2D eigenvalue weighted by molar-refractivity contribution is 0.638. The molecule has 0 saturated carbocycles. The summed E-state index contributed by atoms with van der Waals surface area (Å²) in [4.78, 5) is 0. The number of allylic oxidation sites excluding steroid dienone is 5. The molecule has 96 valence electrons. The molecule has 0 atom stereocenters. The molecule has 0 heteroatoms. The van der Waals surface area contributed by atoms with Crippen LogP contribution in [0.25, 0.3) is 0 Å². The quantitative estimate of drug-likeness (QED) is 0.622. The van der Waals surface area contributed by atoms with Crippen LogP contribution in [0, 0.1) is 6.92 Å². The van der Waals surface area contributed by atoms with Crippen LogP contribution in [0.2, 0.25) is 0 Å². The van der Waals surface area contributed by atoms with E-state index in [1.807, 2.05) is 6.92 Å². The lowest BCUT2D eigenvalue weighted by Crippen LogP contribution is -2.19. The third-order valence-corrected chi connectivity index (χ3v) is 3.35. The standard InChI is InChI=1S/C18H24/c1-7-16(11-8-14(2)3)18(5,6)17-12-9-15(4)10-13-17/h7-13H,2H2,1,3-6H3/b11-8-,16-7+. The van der Waals surface area contributed by atoms with E-state index in [9.17, 15) is 0 Å². The second-order valence-electron chi connectivity index (χ2n) is 5.41. The van der Waals surface area contributed by atoms with Crippen LogP contribution in [0.5, 0.6) is 0 Å². The van der Waals surface area contributed by atoms with Gasteiger partial charge in [-0.2, -0.15) is 0 Å². The van der Waals surface area contributed by atoms with Gasteiger partial charge in [-0.15, -0.1) is 0 Å². The first kappa shape index (κ1) is 14.5. The Balaban J connectivity index is 3.10. The van der Waals surface area contributed by atoms with Crippen molar-refractivity contribution in [1.82, 2.24) is 0 Å². The van der Waals surface area contributed by atoms with Crippen molar-refractivity contribution in [3.05, 3.63) is 71.3 Å². The minimum Gasteiger partial charge on any atom is -0.0961 e. The molecule has 0 heterocycles. The molecule has 0 aliphatic carbocycles. The summed E-state index contributed by atoms with van der Waals surface area (Å²) >= 11 is 0. The first-order chi connectivity index (χ1) is 8.37. The molecule has 1 aromatic carbocycles. The van der Waals surface area contributed by atoms with Gasteiger partial charge < -0.3 is 0 Å². The van der Waals surface area contributed by atoms with Gasteiger partial charge in [0.1, 0.15) is 0 Å². The SMILES string of the molecule is C=C(C)/C=C\C(=C/C)C(C)(C)c1ccc(C)cc1. The Hall–Kier alpha value is -1.56. The van der Waals surface area contributed by atoms with Crippen molar-refractivity contribution >= 4 is 0 Å². The maximum absolute atomic E-state index is 3.91. The highest BCUT2D eigenvalue weighted by Gasteiger charge is 2.23. The first-order valence-electron chi connectivity index (χ1n) is 6.45. The summed E-state index contributed by atoms with van der Waals surface area (Å²) < 4.78 is 0. The smallest absolute Gasteiger partial charge is 0.0143 e. The number of hydrogen-bond donors (Lipinski definition) is 0. The van der Waals surface area contributed by atoms with Crippen LogP contribution >= 0.6 is 0 Å². The fourth-order valence-electron chi connectivity index (χ4n) is 2.03. The lowest BCUT2D eigenvalue weighted by Gasteiger charge is -2.27. The van der Waals surface area contributed by atoms with Gasteiger partial charge in [-0.25, -0.2) is 0 Å². The summed E-state index contributed by atoms with van der Waals surface area (Å²) in [6.07, 6.45) is 6.42. The van der Waals surface area contributed by atoms with Gasteiger partial charge in [-0.05, 0) is 31.9 Å². The van der Waals surface area contributed by atoms with Gasteiger partial charge in [0.15, 0.2) is 0 Å². The number of hydrogen-bond acceptors (Lipinski definition) is 0. The Morgan fingerprint density at radius 2 is 1.67 bits per heavy atom. The van der Waals surface area contributed by atoms with E-state index in [1.54, 1.807) is 0 Å². The Labute approximate surface area is 112 Å². The van der Waals surface area contributed by atoms with E-state index >= 15 is 0 Å². The van der Waals surface area contributed by atoms with Crippen LogP contribution < -0.4 is 0 Å². The molecule has 0 nitrogen and oxygen atoms in total. The van der Waals surface area contributed by atoms with Gasteiger partial charge in [0.2, 0.25) is 0 Å². The van der Waals surface area contributed by atoms with E-state index in [-0.39, 0.29) is 5.41 Å². The van der Waals surface area contributed by atoms with Crippen molar-refractivity contribution < 1.29 is 0 Å². The van der Waals surface area contributed by atoms with Gasteiger partial charge in [0.05, 0.1) is 0 Å². The Morgan fingerprint density at radius 3 is 2.11 bits per heavy atom. The zero-order chi connectivity index (χ0) is 13.8. The summed E-state index contributed by atoms with van der Waals surface area (Å²) in [5, 5.41) is 0. The van der Waals surface area contributed by atoms with Gasteiger partial charge in [-0.1, -0.05) is 74.1 Å². The van der Waals surface area contributed by atoms with Crippen LogP contribution in [0.3, 0.4) is 0 Å². The van der Waals surface area contributed by atoms with Crippen molar-refractivity contribution in [1.29, 1.82) is 0 Å². The fourth-order valence-corrected chi connectivity index (χ4v) is 2.03. The van der Waals surface area contributed by atoms with Crippen molar-refractivity contribution in [2.75, 3.05) is 0 Å². The van der Waals surface area contributed by atoms with Crippen molar-refractivity contribution in [2.24, 2.45) is 0 Å². The molecule has 0 unspecified atom stereocenters. The van der Waals surface area contributed by atoms with E-state index in [4.69, 9.17) is 0 Å². The number of aryl methyl sites for hydroxylation is 1. The second kappa shape index (κ2) is 5.86. The molecule has 0 spiro atoms. The summed E-state index contributed by atoms with van der Waals surface area (Å²) in [6, 6.07) is 8.78. The van der Waals surface area contributed by atoms with Crippen molar-refractivity contribution in [3.8, 4) is 0 Å². The summed E-state index contributed by atoms with van der Waals surface area (Å²) in [5.74, 6) is 0. The monoisotopic (exact) mass is 240 g/mol. The average molecular weight is 240 g/mol. The summed E-state index contributed by atoms with van der Waals surface area (Å²) in [6.45, 7) is 14.7. The molecule has 0 bridgehead atoms. The topological polar surface area (TPSA) is 0 Å². The third kappa shape index (κ3) is 3.46. The van der Waals surface area contributed by atoms with Gasteiger partial charge in [0, 0.05) is 5.41 Å². The first-order valence-corrected chi connectivity index (χ1v) is 6.45. The normalized spacial score (nSPS) is 13.1. The highest BCUT2D eigenvalue weighted by Crippen LogP contribution is 2.32. The minimum atomic E-state index is 0.0222. The molecular weight excluding hydrogens is 216 g/mol. The van der Waals surface area contributed by atoms with Gasteiger partial charge in [-0.3, -0.25) is 0 Å². The van der Waals surface area contributed by atoms with Gasteiger partial charge >= 0.3 is 0 Å². The molecule has 0 radical (unpaired) electrons. The van der Waals surface area contributed by atoms with Crippen LogP contribution in [0.15, 0.2) is 60.2 Å². The zero-order valence-electron chi connectivity index (χ0n) is 12.2. The summed E-state index contributed by atoms with van der Waals surface area (Å²) in [5.41, 5.74) is 5.05. The molecule has 1 rings (SSSR count). The predicted molar refractivity (Wildman–Crippen MR) is 81.9 cm³/mol. The Morgan fingerprint density at radius 1 is 1.11 bits per heavy atom. The van der Waals surface area contributed by atoms with Crippen LogP contribution in [0.1, 0.15) is 38.8 Å². The molecule has 0 aromatic heterocycles. The molecule has 18 heavy (non-hydrogen) atoms. The average Bonchev–Trinajstić information content (AvgIpc) is 2.29. The predicted octanol–water partition coefficient (Wildman–Crippen LogP) is 5.35. The summed E-state index contributed by atoms with van der Waals surface area (Å²) in [7, 11) is 0. The van der Waals surface area contributed by atoms with E-state index < -0.39 is 0 Å². The molecule has 0 saturated heterocycles. The molecular formula is C18H24. The third-order valence-electron chi connectivity index (χ3n) is 3.35. The van der Waals surface area contributed by atoms with Crippen LogP contribution in [-0.2, 0) is 5.41 Å². The van der Waals surface area contributed by atoms with E-state index in [1.165, 1.54) is 16.7 Å². The largest absolute Gasteiger partial charge is 0.0961 e. The zero-order valence-corrected chi connectivity index (χ0v) is 12.2. The molecule has 0 fully saturated rings. The van der Waals surface area contributed by atoms with Gasteiger partial charge in [0.25, 0.3) is 0 Å². The van der Waals surface area contributed by atoms with E-state index in [0.29, 0.717) is 0 Å². The van der Waals surface area contributed by atoms with Crippen molar-refractivity contribution in [2.45, 2.75) is 40.0 Å². The highest BCUT2D eigenvalue weighted by molar-refractivity contribution is 5.41. The molecule has 1 aromatic rings. The fraction of sp³-hybridized carbons (Fsp3) is 0.333. The van der Waals surface area contributed by atoms with E-state index in [2.05, 4.69) is 76.8 Å². The lowest BCUT2D eigenvalue weighted by atomic mass is 9.77. The number of benzene rings is 1. The maximum Gasteiger partial charge on any atom is 0.0143 e. The van der Waals surface area contributed by atoms with Crippen molar-refractivity contribution in [3.63, 3.8) is 0 Å². The highest BCUT2D eigenvalue weighted by atomic mass is 14.3. The van der Waals surface area contributed by atoms with Crippen LogP contribution in [-0.4, -0.2) is 0 Å². The molecule has 0 aliphatic rings.